The highest BCUT2D eigenvalue weighted by Crippen LogP contribution is 2.15. The summed E-state index contributed by atoms with van der Waals surface area (Å²) in [6.07, 6.45) is 4.14. The van der Waals surface area contributed by atoms with Gasteiger partial charge in [0.25, 0.3) is 0 Å². The zero-order valence-corrected chi connectivity index (χ0v) is 16.8. The molecule has 3 heterocycles. The number of rotatable bonds is 7. The molecule has 158 valence electrons. The van der Waals surface area contributed by atoms with Crippen molar-refractivity contribution < 1.29 is 18.9 Å². The maximum Gasteiger partial charge on any atom is 0.248 e. The van der Waals surface area contributed by atoms with Gasteiger partial charge in [-0.25, -0.2) is 0 Å². The van der Waals surface area contributed by atoms with Crippen molar-refractivity contribution in [3.05, 3.63) is 66.3 Å². The maximum atomic E-state index is 12.5. The molecule has 3 amide bonds. The van der Waals surface area contributed by atoms with Gasteiger partial charge in [0.05, 0.1) is 0 Å². The monoisotopic (exact) mass is 419 g/mol. The molecule has 1 aliphatic heterocycles. The van der Waals surface area contributed by atoms with Gasteiger partial charge in [0.1, 0.15) is 13.1 Å². The van der Waals surface area contributed by atoms with E-state index in [4.69, 9.17) is 4.52 Å². The Labute approximate surface area is 178 Å². The lowest BCUT2D eigenvalue weighted by atomic mass is 10.1. The first-order valence-electron chi connectivity index (χ1n) is 9.98. The number of pyridine rings is 1. The molecule has 1 aliphatic rings. The van der Waals surface area contributed by atoms with E-state index in [9.17, 15) is 14.4 Å². The van der Waals surface area contributed by atoms with Crippen molar-refractivity contribution in [2.75, 3.05) is 19.6 Å². The van der Waals surface area contributed by atoms with Crippen molar-refractivity contribution in [2.24, 2.45) is 0 Å². The number of imide groups is 1. The Kier molecular flexibility index (Phi) is 6.11. The van der Waals surface area contributed by atoms with Crippen LogP contribution >= 0.6 is 0 Å². The fraction of sp³-hybridized carbons (Fsp3) is 0.273. The standard InChI is InChI=1S/C22H21N5O4/c28-19(7-6-18-24-22(25-31-18)17-8-11-23-12-9-17)26-14-20(29)27(21(30)15-26)13-10-16-4-2-1-3-5-16/h1-5,8-9,11-12H,6-7,10,13-15H2. The van der Waals surface area contributed by atoms with E-state index in [1.807, 2.05) is 30.3 Å². The largest absolute Gasteiger partial charge is 0.339 e. The minimum atomic E-state index is -0.363. The molecule has 9 nitrogen and oxygen atoms in total. The van der Waals surface area contributed by atoms with E-state index in [0.717, 1.165) is 11.1 Å². The Morgan fingerprint density at radius 1 is 0.968 bits per heavy atom. The summed E-state index contributed by atoms with van der Waals surface area (Å²) in [5, 5.41) is 3.90. The first-order valence-corrected chi connectivity index (χ1v) is 9.98. The zero-order chi connectivity index (χ0) is 21.6. The fourth-order valence-electron chi connectivity index (χ4n) is 3.35. The molecule has 0 atom stereocenters. The first-order chi connectivity index (χ1) is 15.1. The molecule has 31 heavy (non-hydrogen) atoms. The second-order valence-electron chi connectivity index (χ2n) is 7.17. The van der Waals surface area contributed by atoms with Crippen LogP contribution in [0.25, 0.3) is 11.4 Å². The highest BCUT2D eigenvalue weighted by atomic mass is 16.5. The lowest BCUT2D eigenvalue weighted by Gasteiger charge is -2.32. The molecule has 1 saturated heterocycles. The molecule has 9 heteroatoms. The van der Waals surface area contributed by atoms with E-state index >= 15 is 0 Å². The number of nitrogens with zero attached hydrogens (tertiary/aromatic N) is 5. The van der Waals surface area contributed by atoms with E-state index in [-0.39, 0.29) is 43.7 Å². The summed E-state index contributed by atoms with van der Waals surface area (Å²) in [6, 6.07) is 13.2. The Bertz CT molecular complexity index is 1050. The maximum absolute atomic E-state index is 12.5. The number of amides is 3. The lowest BCUT2D eigenvalue weighted by Crippen LogP contribution is -2.56. The van der Waals surface area contributed by atoms with Gasteiger partial charge in [0.2, 0.25) is 29.4 Å². The minimum Gasteiger partial charge on any atom is -0.339 e. The summed E-state index contributed by atoms with van der Waals surface area (Å²) < 4.78 is 5.20. The van der Waals surface area contributed by atoms with Crippen molar-refractivity contribution in [3.8, 4) is 11.4 Å². The van der Waals surface area contributed by atoms with Crippen LogP contribution in [0, 0.1) is 0 Å². The molecule has 0 unspecified atom stereocenters. The Balaban J connectivity index is 1.28. The summed E-state index contributed by atoms with van der Waals surface area (Å²) in [4.78, 5) is 48.1. The number of hydrogen-bond donors (Lipinski definition) is 0. The molecule has 2 aromatic heterocycles. The van der Waals surface area contributed by atoms with E-state index in [1.165, 1.54) is 9.80 Å². The summed E-state index contributed by atoms with van der Waals surface area (Å²) in [5.41, 5.74) is 1.81. The number of piperazine rings is 1. The molecule has 0 saturated carbocycles. The Morgan fingerprint density at radius 3 is 2.39 bits per heavy atom. The van der Waals surface area contributed by atoms with Crippen LogP contribution in [0.3, 0.4) is 0 Å². The van der Waals surface area contributed by atoms with Gasteiger partial charge < -0.3 is 9.42 Å². The second kappa shape index (κ2) is 9.29. The van der Waals surface area contributed by atoms with Crippen molar-refractivity contribution in [3.63, 3.8) is 0 Å². The quantitative estimate of drug-likeness (QED) is 0.534. The lowest BCUT2D eigenvalue weighted by molar-refractivity contribution is -0.156. The topological polar surface area (TPSA) is 110 Å². The van der Waals surface area contributed by atoms with Crippen LogP contribution in [0.2, 0.25) is 0 Å². The van der Waals surface area contributed by atoms with Gasteiger partial charge in [-0.2, -0.15) is 4.98 Å². The van der Waals surface area contributed by atoms with Gasteiger partial charge in [-0.1, -0.05) is 35.5 Å². The molecule has 0 spiro atoms. The van der Waals surface area contributed by atoms with Crippen LogP contribution in [0.4, 0.5) is 0 Å². The third kappa shape index (κ3) is 5.00. The number of carbonyl (C=O) groups is 3. The van der Waals surface area contributed by atoms with Crippen LogP contribution < -0.4 is 0 Å². The van der Waals surface area contributed by atoms with Crippen molar-refractivity contribution in [2.45, 2.75) is 19.3 Å². The van der Waals surface area contributed by atoms with E-state index in [2.05, 4.69) is 15.1 Å². The van der Waals surface area contributed by atoms with Crippen molar-refractivity contribution in [1.82, 2.24) is 24.9 Å². The SMILES string of the molecule is O=C(CCc1nc(-c2ccncc2)no1)N1CC(=O)N(CCc2ccccc2)C(=O)C1. The number of benzene rings is 1. The fourth-order valence-corrected chi connectivity index (χ4v) is 3.35. The van der Waals surface area contributed by atoms with Gasteiger partial charge in [0.15, 0.2) is 0 Å². The molecule has 0 radical (unpaired) electrons. The highest BCUT2D eigenvalue weighted by Gasteiger charge is 2.33. The van der Waals surface area contributed by atoms with E-state index in [1.54, 1.807) is 24.5 Å². The summed E-state index contributed by atoms with van der Waals surface area (Å²) in [5.74, 6) is -0.286. The average Bonchev–Trinajstić information content (AvgIpc) is 3.27. The Morgan fingerprint density at radius 2 is 1.68 bits per heavy atom. The third-order valence-electron chi connectivity index (χ3n) is 5.03. The van der Waals surface area contributed by atoms with Gasteiger partial charge in [0, 0.05) is 37.3 Å². The predicted molar refractivity (Wildman–Crippen MR) is 109 cm³/mol. The number of aromatic nitrogens is 3. The second-order valence-corrected chi connectivity index (χ2v) is 7.17. The molecule has 1 aromatic carbocycles. The molecule has 0 N–H and O–H groups in total. The zero-order valence-electron chi connectivity index (χ0n) is 16.8. The third-order valence-corrected chi connectivity index (χ3v) is 5.03. The van der Waals surface area contributed by atoms with Gasteiger partial charge in [-0.3, -0.25) is 24.3 Å². The number of aryl methyl sites for hydroxylation is 1. The van der Waals surface area contributed by atoms with E-state index < -0.39 is 0 Å². The number of hydrogen-bond acceptors (Lipinski definition) is 7. The molecule has 1 fully saturated rings. The number of carbonyl (C=O) groups excluding carboxylic acids is 3. The van der Waals surface area contributed by atoms with Crippen LogP contribution in [0.15, 0.2) is 59.4 Å². The van der Waals surface area contributed by atoms with Crippen LogP contribution in [-0.2, 0) is 27.2 Å². The normalized spacial score (nSPS) is 14.2. The predicted octanol–water partition coefficient (Wildman–Crippen LogP) is 1.50. The van der Waals surface area contributed by atoms with Crippen LogP contribution in [0.1, 0.15) is 17.9 Å². The van der Waals surface area contributed by atoms with E-state index in [0.29, 0.717) is 24.7 Å². The highest BCUT2D eigenvalue weighted by molar-refractivity contribution is 6.02. The van der Waals surface area contributed by atoms with Crippen LogP contribution in [0.5, 0.6) is 0 Å². The van der Waals surface area contributed by atoms with Gasteiger partial charge in [-0.05, 0) is 24.1 Å². The summed E-state index contributed by atoms with van der Waals surface area (Å²) in [7, 11) is 0. The molecule has 3 aromatic rings. The van der Waals surface area contributed by atoms with Crippen molar-refractivity contribution >= 4 is 17.7 Å². The Hall–Kier alpha value is -3.88. The first kappa shape index (κ1) is 20.4. The van der Waals surface area contributed by atoms with Crippen LogP contribution in [-0.4, -0.2) is 62.3 Å². The molecule has 4 rings (SSSR count). The molecular formula is C22H21N5O4. The van der Waals surface area contributed by atoms with Gasteiger partial charge >= 0.3 is 0 Å². The molecule has 0 aliphatic carbocycles. The molecule has 0 bridgehead atoms. The minimum absolute atomic E-state index is 0.0720. The van der Waals surface area contributed by atoms with Crippen molar-refractivity contribution in [1.29, 1.82) is 0 Å². The van der Waals surface area contributed by atoms with Gasteiger partial charge in [-0.15, -0.1) is 0 Å². The summed E-state index contributed by atoms with van der Waals surface area (Å²) >= 11 is 0. The summed E-state index contributed by atoms with van der Waals surface area (Å²) in [6.45, 7) is 0.0976. The molecular weight excluding hydrogens is 398 g/mol. The average molecular weight is 419 g/mol. The smallest absolute Gasteiger partial charge is 0.248 e.